The van der Waals surface area contributed by atoms with Crippen LogP contribution in [0.15, 0.2) is 35.2 Å². The van der Waals surface area contributed by atoms with E-state index in [4.69, 9.17) is 16.9 Å². The van der Waals surface area contributed by atoms with Crippen LogP contribution < -0.4 is 4.72 Å². The van der Waals surface area contributed by atoms with Gasteiger partial charge in [-0.1, -0.05) is 11.6 Å². The van der Waals surface area contributed by atoms with Gasteiger partial charge in [-0.2, -0.15) is 5.26 Å². The van der Waals surface area contributed by atoms with Gasteiger partial charge in [0.15, 0.2) is 11.5 Å². The Kier molecular flexibility index (Phi) is 5.25. The summed E-state index contributed by atoms with van der Waals surface area (Å²) < 4.78 is 40.9. The van der Waals surface area contributed by atoms with E-state index in [1.165, 1.54) is 24.3 Å². The zero-order chi connectivity index (χ0) is 18.9. The van der Waals surface area contributed by atoms with Gasteiger partial charge >= 0.3 is 0 Å². The summed E-state index contributed by atoms with van der Waals surface area (Å²) in [5.74, 6) is -0.745. The highest BCUT2D eigenvalue weighted by molar-refractivity contribution is 7.89. The van der Waals surface area contributed by atoms with Crippen molar-refractivity contribution in [3.8, 4) is 17.3 Å². The standard InChI is InChI=1S/C17H15ClFN3O3S/c18-12-8-10(26(24,25)22-15-2-1-3-17(15)23)4-5-11(12)14-7-6-13(19)16(9-20)21-14/h4-8,15,17,22-23H,1-3H2/t15-,17+/m0/s1. The Bertz CT molecular complexity index is 991. The Hall–Kier alpha value is -2.05. The number of aliphatic hydroxyl groups excluding tert-OH is 1. The fraction of sp³-hybridized carbons (Fsp3) is 0.294. The molecule has 0 radical (unpaired) electrons. The van der Waals surface area contributed by atoms with Crippen molar-refractivity contribution in [2.24, 2.45) is 0 Å². The van der Waals surface area contributed by atoms with Crippen LogP contribution in [0.5, 0.6) is 0 Å². The Morgan fingerprint density at radius 1 is 1.31 bits per heavy atom. The molecule has 1 aromatic carbocycles. The second kappa shape index (κ2) is 7.29. The number of nitrogens with one attached hydrogen (secondary N) is 1. The molecule has 0 spiro atoms. The number of sulfonamides is 1. The second-order valence-corrected chi connectivity index (χ2v) is 8.13. The lowest BCUT2D eigenvalue weighted by Gasteiger charge is -2.17. The second-order valence-electron chi connectivity index (χ2n) is 6.01. The number of benzene rings is 1. The molecule has 1 aliphatic rings. The molecule has 2 atom stereocenters. The molecule has 1 heterocycles. The first-order valence-electron chi connectivity index (χ1n) is 7.89. The molecule has 0 unspecified atom stereocenters. The predicted molar refractivity (Wildman–Crippen MR) is 93.3 cm³/mol. The smallest absolute Gasteiger partial charge is 0.240 e. The van der Waals surface area contributed by atoms with E-state index in [2.05, 4.69) is 9.71 Å². The summed E-state index contributed by atoms with van der Waals surface area (Å²) in [4.78, 5) is 3.84. The third-order valence-electron chi connectivity index (χ3n) is 4.26. The number of nitrogens with zero attached hydrogens (tertiary/aromatic N) is 2. The number of aliphatic hydroxyl groups is 1. The van der Waals surface area contributed by atoms with Gasteiger partial charge in [-0.25, -0.2) is 22.5 Å². The van der Waals surface area contributed by atoms with Gasteiger partial charge in [0.1, 0.15) is 6.07 Å². The molecule has 0 aliphatic heterocycles. The van der Waals surface area contributed by atoms with E-state index in [9.17, 15) is 17.9 Å². The molecule has 2 aromatic rings. The zero-order valence-corrected chi connectivity index (χ0v) is 15.1. The highest BCUT2D eigenvalue weighted by Crippen LogP contribution is 2.30. The van der Waals surface area contributed by atoms with Crippen LogP contribution in [0.1, 0.15) is 25.0 Å². The van der Waals surface area contributed by atoms with E-state index in [0.717, 1.165) is 12.5 Å². The summed E-state index contributed by atoms with van der Waals surface area (Å²) in [7, 11) is -3.84. The van der Waals surface area contributed by atoms with Gasteiger partial charge in [0, 0.05) is 11.6 Å². The normalized spacial score (nSPS) is 20.1. The molecule has 0 amide bonds. The molecule has 3 rings (SSSR count). The first kappa shape index (κ1) is 18.7. The van der Waals surface area contributed by atoms with E-state index in [0.29, 0.717) is 18.4 Å². The lowest BCUT2D eigenvalue weighted by Crippen LogP contribution is -2.39. The Morgan fingerprint density at radius 3 is 2.69 bits per heavy atom. The van der Waals surface area contributed by atoms with Crippen molar-refractivity contribution >= 4 is 21.6 Å². The molecule has 1 fully saturated rings. The molecule has 6 nitrogen and oxygen atoms in total. The average molecular weight is 396 g/mol. The summed E-state index contributed by atoms with van der Waals surface area (Å²) in [6.07, 6.45) is 1.19. The number of halogens is 2. The van der Waals surface area contributed by atoms with E-state index in [-0.39, 0.29) is 21.3 Å². The Balaban J connectivity index is 1.91. The average Bonchev–Trinajstić information content (AvgIpc) is 2.99. The minimum atomic E-state index is -3.84. The van der Waals surface area contributed by atoms with E-state index >= 15 is 0 Å². The fourth-order valence-electron chi connectivity index (χ4n) is 2.89. The molecule has 1 saturated carbocycles. The topological polar surface area (TPSA) is 103 Å². The van der Waals surface area contributed by atoms with E-state index in [1.807, 2.05) is 0 Å². The number of nitriles is 1. The van der Waals surface area contributed by atoms with Gasteiger partial charge in [-0.15, -0.1) is 0 Å². The van der Waals surface area contributed by atoms with Crippen LogP contribution in [-0.4, -0.2) is 30.7 Å². The highest BCUT2D eigenvalue weighted by atomic mass is 35.5. The predicted octanol–water partition coefficient (Wildman–Crippen LogP) is 2.60. The zero-order valence-electron chi connectivity index (χ0n) is 13.5. The number of rotatable bonds is 4. The van der Waals surface area contributed by atoms with Crippen molar-refractivity contribution in [2.75, 3.05) is 0 Å². The molecule has 0 bridgehead atoms. The van der Waals surface area contributed by atoms with Crippen LogP contribution in [0.2, 0.25) is 5.02 Å². The Labute approximate surface area is 155 Å². The van der Waals surface area contributed by atoms with Crippen LogP contribution in [-0.2, 0) is 10.0 Å². The van der Waals surface area contributed by atoms with E-state index < -0.39 is 28.0 Å². The number of hydrogen-bond donors (Lipinski definition) is 2. The maximum absolute atomic E-state index is 13.4. The summed E-state index contributed by atoms with van der Waals surface area (Å²) >= 11 is 6.19. The van der Waals surface area contributed by atoms with Crippen molar-refractivity contribution in [1.82, 2.24) is 9.71 Å². The molecule has 1 aromatic heterocycles. The largest absolute Gasteiger partial charge is 0.391 e. The van der Waals surface area contributed by atoms with Crippen molar-refractivity contribution in [3.05, 3.63) is 46.9 Å². The molecular formula is C17H15ClFN3O3S. The molecule has 26 heavy (non-hydrogen) atoms. The minimum Gasteiger partial charge on any atom is -0.391 e. The first-order valence-corrected chi connectivity index (χ1v) is 9.75. The summed E-state index contributed by atoms with van der Waals surface area (Å²) in [6, 6.07) is 7.65. The first-order chi connectivity index (χ1) is 12.3. The maximum Gasteiger partial charge on any atom is 0.240 e. The van der Waals surface area contributed by atoms with Crippen LogP contribution in [0.25, 0.3) is 11.3 Å². The number of aromatic nitrogens is 1. The highest BCUT2D eigenvalue weighted by Gasteiger charge is 2.30. The van der Waals surface area contributed by atoms with E-state index in [1.54, 1.807) is 6.07 Å². The van der Waals surface area contributed by atoms with Gasteiger partial charge in [0.05, 0.1) is 21.7 Å². The third kappa shape index (κ3) is 3.71. The molecule has 2 N–H and O–H groups in total. The molecule has 9 heteroatoms. The summed E-state index contributed by atoms with van der Waals surface area (Å²) in [5.41, 5.74) is 0.270. The summed E-state index contributed by atoms with van der Waals surface area (Å²) in [5, 5.41) is 18.8. The van der Waals surface area contributed by atoms with Crippen molar-refractivity contribution in [2.45, 2.75) is 36.3 Å². The van der Waals surface area contributed by atoms with Crippen LogP contribution >= 0.6 is 11.6 Å². The Morgan fingerprint density at radius 2 is 2.08 bits per heavy atom. The quantitative estimate of drug-likeness (QED) is 0.828. The van der Waals surface area contributed by atoms with Gasteiger partial charge in [-0.3, -0.25) is 0 Å². The van der Waals surface area contributed by atoms with Gasteiger partial charge < -0.3 is 5.11 Å². The summed E-state index contributed by atoms with van der Waals surface area (Å²) in [6.45, 7) is 0. The minimum absolute atomic E-state index is 0.0482. The molecule has 0 saturated heterocycles. The maximum atomic E-state index is 13.4. The molecule has 1 aliphatic carbocycles. The monoisotopic (exact) mass is 395 g/mol. The lowest BCUT2D eigenvalue weighted by atomic mass is 10.1. The fourth-order valence-corrected chi connectivity index (χ4v) is 4.56. The molecule has 136 valence electrons. The van der Waals surface area contributed by atoms with Crippen molar-refractivity contribution < 1.29 is 17.9 Å². The third-order valence-corrected chi connectivity index (χ3v) is 6.07. The van der Waals surface area contributed by atoms with Gasteiger partial charge in [-0.05, 0) is 49.6 Å². The molecular weight excluding hydrogens is 381 g/mol. The number of pyridine rings is 1. The lowest BCUT2D eigenvalue weighted by molar-refractivity contribution is 0.159. The van der Waals surface area contributed by atoms with Crippen LogP contribution in [0, 0.1) is 17.1 Å². The van der Waals surface area contributed by atoms with Gasteiger partial charge in [0.2, 0.25) is 10.0 Å². The van der Waals surface area contributed by atoms with Crippen molar-refractivity contribution in [3.63, 3.8) is 0 Å². The van der Waals surface area contributed by atoms with Crippen molar-refractivity contribution in [1.29, 1.82) is 5.26 Å². The van der Waals surface area contributed by atoms with Gasteiger partial charge in [0.25, 0.3) is 0 Å². The SMILES string of the molecule is N#Cc1nc(-c2ccc(S(=O)(=O)N[C@H]3CCC[C@H]3O)cc2Cl)ccc1F. The number of hydrogen-bond acceptors (Lipinski definition) is 5. The van der Waals surface area contributed by atoms with Crippen LogP contribution in [0.4, 0.5) is 4.39 Å². The van der Waals surface area contributed by atoms with Crippen LogP contribution in [0.3, 0.4) is 0 Å².